The maximum absolute atomic E-state index is 5.68. The van der Waals surface area contributed by atoms with Gasteiger partial charge in [0.15, 0.2) is 0 Å². The molecule has 0 saturated carbocycles. The first-order chi connectivity index (χ1) is 6.27. The van der Waals surface area contributed by atoms with Gasteiger partial charge in [0.2, 0.25) is 0 Å². The summed E-state index contributed by atoms with van der Waals surface area (Å²) in [5, 5.41) is 8.02. The molecule has 2 rings (SSSR count). The predicted octanol–water partition coefficient (Wildman–Crippen LogP) is 0.259. The van der Waals surface area contributed by atoms with E-state index in [-0.39, 0.29) is 6.04 Å². The molecule has 5 nitrogen and oxygen atoms in total. The number of nitrogens with two attached hydrogens (primary N) is 1. The molecule has 72 valence electrons. The summed E-state index contributed by atoms with van der Waals surface area (Å²) in [6.45, 7) is 3.46. The van der Waals surface area contributed by atoms with E-state index in [1.807, 2.05) is 17.8 Å². The molecule has 0 aliphatic carbocycles. The Morgan fingerprint density at radius 1 is 1.77 bits per heavy atom. The SMILES string of the molecule is C[C@@H](N)c1cn(C2CCOC2)nn1. The van der Waals surface area contributed by atoms with Crippen LogP contribution in [0.5, 0.6) is 0 Å². The van der Waals surface area contributed by atoms with Gasteiger partial charge >= 0.3 is 0 Å². The molecule has 0 bridgehead atoms. The van der Waals surface area contributed by atoms with Crippen molar-refractivity contribution >= 4 is 0 Å². The third-order valence-corrected chi connectivity index (χ3v) is 2.27. The standard InChI is InChI=1S/C8H14N4O/c1-6(9)8-4-12(11-10-8)7-2-3-13-5-7/h4,6-7H,2-3,5,9H2,1H3/t6-,7?/m1/s1. The lowest BCUT2D eigenvalue weighted by Gasteiger charge is -2.05. The van der Waals surface area contributed by atoms with Crippen molar-refractivity contribution in [2.24, 2.45) is 5.73 Å². The number of nitrogens with zero attached hydrogens (tertiary/aromatic N) is 3. The zero-order chi connectivity index (χ0) is 9.26. The zero-order valence-electron chi connectivity index (χ0n) is 7.68. The highest BCUT2D eigenvalue weighted by Gasteiger charge is 2.19. The van der Waals surface area contributed by atoms with Crippen LogP contribution in [0.2, 0.25) is 0 Å². The van der Waals surface area contributed by atoms with E-state index in [4.69, 9.17) is 10.5 Å². The summed E-state index contributed by atoms with van der Waals surface area (Å²) in [6.07, 6.45) is 2.92. The molecule has 1 aliphatic heterocycles. The normalized spacial score (nSPS) is 24.9. The first-order valence-electron chi connectivity index (χ1n) is 4.52. The van der Waals surface area contributed by atoms with Gasteiger partial charge < -0.3 is 10.5 Å². The maximum atomic E-state index is 5.68. The van der Waals surface area contributed by atoms with E-state index in [0.717, 1.165) is 25.3 Å². The first-order valence-corrected chi connectivity index (χ1v) is 4.52. The highest BCUT2D eigenvalue weighted by Crippen LogP contribution is 2.18. The molecule has 5 heteroatoms. The molecule has 2 N–H and O–H groups in total. The Labute approximate surface area is 76.9 Å². The molecule has 1 aromatic heterocycles. The molecule has 0 radical (unpaired) electrons. The third kappa shape index (κ3) is 1.71. The Morgan fingerprint density at radius 3 is 3.15 bits per heavy atom. The van der Waals surface area contributed by atoms with Gasteiger partial charge in [0.25, 0.3) is 0 Å². The number of ether oxygens (including phenoxy) is 1. The molecule has 1 fully saturated rings. The van der Waals surface area contributed by atoms with Crippen LogP contribution >= 0.6 is 0 Å². The molecule has 1 saturated heterocycles. The van der Waals surface area contributed by atoms with Gasteiger partial charge in [-0.05, 0) is 13.3 Å². The van der Waals surface area contributed by atoms with Crippen molar-refractivity contribution in [1.29, 1.82) is 0 Å². The highest BCUT2D eigenvalue weighted by atomic mass is 16.5. The number of rotatable bonds is 2. The summed E-state index contributed by atoms with van der Waals surface area (Å²) in [6, 6.07) is 0.302. The Kier molecular flexibility index (Phi) is 2.28. The molecule has 2 heterocycles. The fraction of sp³-hybridized carbons (Fsp3) is 0.750. The van der Waals surface area contributed by atoms with Gasteiger partial charge in [-0.1, -0.05) is 5.21 Å². The van der Waals surface area contributed by atoms with Crippen LogP contribution in [0.15, 0.2) is 6.20 Å². The summed E-state index contributed by atoms with van der Waals surface area (Å²) in [7, 11) is 0. The Hall–Kier alpha value is -0.940. The lowest BCUT2D eigenvalue weighted by molar-refractivity contribution is 0.184. The maximum Gasteiger partial charge on any atom is 0.0991 e. The van der Waals surface area contributed by atoms with E-state index in [1.54, 1.807) is 0 Å². The van der Waals surface area contributed by atoms with E-state index in [9.17, 15) is 0 Å². The van der Waals surface area contributed by atoms with Gasteiger partial charge in [0.05, 0.1) is 24.5 Å². The molecular weight excluding hydrogens is 168 g/mol. The summed E-state index contributed by atoms with van der Waals surface area (Å²) in [5.41, 5.74) is 6.52. The Morgan fingerprint density at radius 2 is 2.62 bits per heavy atom. The zero-order valence-corrected chi connectivity index (χ0v) is 7.68. The average Bonchev–Trinajstić information content (AvgIpc) is 2.75. The van der Waals surface area contributed by atoms with E-state index in [1.165, 1.54) is 0 Å². The van der Waals surface area contributed by atoms with Crippen LogP contribution in [0.1, 0.15) is 31.1 Å². The van der Waals surface area contributed by atoms with Crippen molar-refractivity contribution in [2.45, 2.75) is 25.4 Å². The van der Waals surface area contributed by atoms with E-state index >= 15 is 0 Å². The second kappa shape index (κ2) is 3.43. The Balaban J connectivity index is 2.12. The fourth-order valence-corrected chi connectivity index (χ4v) is 1.41. The van der Waals surface area contributed by atoms with Crippen LogP contribution < -0.4 is 5.73 Å². The smallest absolute Gasteiger partial charge is 0.0991 e. The van der Waals surface area contributed by atoms with Crippen LogP contribution in [0.25, 0.3) is 0 Å². The van der Waals surface area contributed by atoms with Crippen molar-refractivity contribution in [3.05, 3.63) is 11.9 Å². The lowest BCUT2D eigenvalue weighted by Crippen LogP contribution is -2.09. The van der Waals surface area contributed by atoms with Crippen LogP contribution in [0, 0.1) is 0 Å². The van der Waals surface area contributed by atoms with Crippen LogP contribution in [0.4, 0.5) is 0 Å². The molecule has 2 atom stereocenters. The average molecular weight is 182 g/mol. The van der Waals surface area contributed by atoms with Crippen molar-refractivity contribution < 1.29 is 4.74 Å². The molecule has 0 amide bonds. The number of aromatic nitrogens is 3. The fourth-order valence-electron chi connectivity index (χ4n) is 1.41. The minimum atomic E-state index is -0.0453. The Bertz CT molecular complexity index is 277. The summed E-state index contributed by atoms with van der Waals surface area (Å²) < 4.78 is 7.11. The largest absolute Gasteiger partial charge is 0.379 e. The number of hydrogen-bond acceptors (Lipinski definition) is 4. The highest BCUT2D eigenvalue weighted by molar-refractivity contribution is 4.98. The molecular formula is C8H14N4O. The van der Waals surface area contributed by atoms with Gasteiger partial charge in [-0.2, -0.15) is 0 Å². The van der Waals surface area contributed by atoms with Gasteiger partial charge in [0, 0.05) is 12.6 Å². The number of hydrogen-bond donors (Lipinski definition) is 1. The predicted molar refractivity (Wildman–Crippen MR) is 47.1 cm³/mol. The minimum absolute atomic E-state index is 0.0453. The first kappa shape index (κ1) is 8.65. The van der Waals surface area contributed by atoms with Crippen LogP contribution in [-0.2, 0) is 4.74 Å². The molecule has 1 aliphatic rings. The minimum Gasteiger partial charge on any atom is -0.379 e. The topological polar surface area (TPSA) is 66.0 Å². The van der Waals surface area contributed by atoms with E-state index in [0.29, 0.717) is 6.04 Å². The van der Waals surface area contributed by atoms with Gasteiger partial charge in [-0.3, -0.25) is 0 Å². The third-order valence-electron chi connectivity index (χ3n) is 2.27. The quantitative estimate of drug-likeness (QED) is 0.712. The van der Waals surface area contributed by atoms with E-state index < -0.39 is 0 Å². The van der Waals surface area contributed by atoms with Crippen molar-refractivity contribution in [2.75, 3.05) is 13.2 Å². The summed E-state index contributed by atoms with van der Waals surface area (Å²) in [5.74, 6) is 0. The lowest BCUT2D eigenvalue weighted by atomic mass is 10.2. The monoisotopic (exact) mass is 182 g/mol. The summed E-state index contributed by atoms with van der Waals surface area (Å²) in [4.78, 5) is 0. The van der Waals surface area contributed by atoms with Crippen LogP contribution in [0.3, 0.4) is 0 Å². The molecule has 1 unspecified atom stereocenters. The molecule has 0 spiro atoms. The second-order valence-electron chi connectivity index (χ2n) is 3.43. The van der Waals surface area contributed by atoms with Crippen molar-refractivity contribution in [1.82, 2.24) is 15.0 Å². The second-order valence-corrected chi connectivity index (χ2v) is 3.43. The molecule has 0 aromatic carbocycles. The van der Waals surface area contributed by atoms with Gasteiger partial charge in [0.1, 0.15) is 0 Å². The van der Waals surface area contributed by atoms with Gasteiger partial charge in [-0.15, -0.1) is 5.10 Å². The molecule has 1 aromatic rings. The van der Waals surface area contributed by atoms with Crippen molar-refractivity contribution in [3.63, 3.8) is 0 Å². The van der Waals surface area contributed by atoms with Crippen LogP contribution in [-0.4, -0.2) is 28.2 Å². The van der Waals surface area contributed by atoms with E-state index in [2.05, 4.69) is 10.3 Å². The molecule has 13 heavy (non-hydrogen) atoms. The van der Waals surface area contributed by atoms with Crippen molar-refractivity contribution in [3.8, 4) is 0 Å². The summed E-state index contributed by atoms with van der Waals surface area (Å²) >= 11 is 0. The van der Waals surface area contributed by atoms with Gasteiger partial charge in [-0.25, -0.2) is 4.68 Å².